The maximum Gasteiger partial charge on any atom is 0.259 e. The lowest BCUT2D eigenvalue weighted by Gasteiger charge is -2.25. The predicted molar refractivity (Wildman–Crippen MR) is 112 cm³/mol. The van der Waals surface area contributed by atoms with Crippen LogP contribution in [0.15, 0.2) is 36.7 Å². The molecular weight excluding hydrogens is 377 g/mol. The van der Waals surface area contributed by atoms with E-state index in [1.54, 1.807) is 24.5 Å². The summed E-state index contributed by atoms with van der Waals surface area (Å²) in [4.78, 5) is 17.4. The molecule has 0 atom stereocenters. The molecule has 1 fully saturated rings. The lowest BCUT2D eigenvalue weighted by atomic mass is 10.1. The van der Waals surface area contributed by atoms with E-state index in [9.17, 15) is 9.18 Å². The lowest BCUT2D eigenvalue weighted by Crippen LogP contribution is -2.26. The van der Waals surface area contributed by atoms with Crippen molar-refractivity contribution in [3.8, 4) is 0 Å². The van der Waals surface area contributed by atoms with Gasteiger partial charge >= 0.3 is 0 Å². The van der Waals surface area contributed by atoms with Crippen LogP contribution in [0.25, 0.3) is 11.0 Å². The number of nitrogens with zero attached hydrogens (tertiary/aromatic N) is 3. The number of benzene rings is 1. The molecule has 1 aliphatic heterocycles. The first-order valence-electron chi connectivity index (χ1n) is 9.41. The van der Waals surface area contributed by atoms with Crippen LogP contribution in [0, 0.1) is 5.82 Å². The van der Waals surface area contributed by atoms with Gasteiger partial charge in [0.05, 0.1) is 22.8 Å². The molecule has 146 valence electrons. The number of aromatic nitrogens is 3. The quantitative estimate of drug-likeness (QED) is 0.674. The van der Waals surface area contributed by atoms with Gasteiger partial charge in [0.1, 0.15) is 5.82 Å². The maximum atomic E-state index is 13.1. The monoisotopic (exact) mass is 399 g/mol. The third-order valence-corrected chi connectivity index (χ3v) is 5.93. The second-order valence-corrected chi connectivity index (χ2v) is 7.96. The highest BCUT2D eigenvalue weighted by molar-refractivity contribution is 7.99. The first-order valence-corrected chi connectivity index (χ1v) is 10.6. The maximum absolute atomic E-state index is 13.1. The van der Waals surface area contributed by atoms with Gasteiger partial charge in [0, 0.05) is 24.5 Å². The van der Waals surface area contributed by atoms with E-state index in [2.05, 4.69) is 20.7 Å². The zero-order valence-corrected chi connectivity index (χ0v) is 16.4. The number of carbonyl (C=O) groups excluding carboxylic acids is 1. The smallest absolute Gasteiger partial charge is 0.259 e. The van der Waals surface area contributed by atoms with Crippen LogP contribution in [0.2, 0.25) is 0 Å². The van der Waals surface area contributed by atoms with Crippen molar-refractivity contribution in [2.75, 3.05) is 22.1 Å². The molecule has 1 aliphatic rings. The van der Waals surface area contributed by atoms with Crippen molar-refractivity contribution < 1.29 is 9.18 Å². The highest BCUT2D eigenvalue weighted by atomic mass is 32.2. The molecule has 1 amide bonds. The molecule has 2 aromatic heterocycles. The topological polar surface area (TPSA) is 71.8 Å². The van der Waals surface area contributed by atoms with Gasteiger partial charge in [-0.2, -0.15) is 16.9 Å². The summed E-state index contributed by atoms with van der Waals surface area (Å²) < 4.78 is 15.0. The molecule has 0 radical (unpaired) electrons. The van der Waals surface area contributed by atoms with Crippen molar-refractivity contribution >= 4 is 40.1 Å². The highest BCUT2D eigenvalue weighted by Crippen LogP contribution is 2.30. The Balaban J connectivity index is 1.70. The number of rotatable bonds is 5. The van der Waals surface area contributed by atoms with E-state index in [0.29, 0.717) is 23.8 Å². The van der Waals surface area contributed by atoms with Crippen LogP contribution >= 0.6 is 11.8 Å². The van der Waals surface area contributed by atoms with Crippen LogP contribution in [0.5, 0.6) is 0 Å². The zero-order chi connectivity index (χ0) is 19.5. The second kappa shape index (κ2) is 8.18. The highest BCUT2D eigenvalue weighted by Gasteiger charge is 2.22. The standard InChI is InChI=1S/C20H22FN5OS/c1-2-26-19-16(12-23-26)18(24-15-7-9-28-10-8-15)17(11-22-19)20(27)25-14-5-3-13(21)4-6-14/h3-6,11-12,15H,2,7-10H2,1H3,(H,22,24)(H,25,27). The average molecular weight is 399 g/mol. The summed E-state index contributed by atoms with van der Waals surface area (Å²) in [7, 11) is 0. The number of hydrogen-bond acceptors (Lipinski definition) is 5. The van der Waals surface area contributed by atoms with E-state index in [4.69, 9.17) is 0 Å². The van der Waals surface area contributed by atoms with Gasteiger partial charge in [-0.1, -0.05) is 0 Å². The zero-order valence-electron chi connectivity index (χ0n) is 15.6. The summed E-state index contributed by atoms with van der Waals surface area (Å²) in [6, 6.07) is 6.04. The van der Waals surface area contributed by atoms with Crippen LogP contribution in [0.1, 0.15) is 30.1 Å². The van der Waals surface area contributed by atoms with Crippen LogP contribution in [-0.2, 0) is 6.54 Å². The minimum atomic E-state index is -0.342. The summed E-state index contributed by atoms with van der Waals surface area (Å²) >= 11 is 1.96. The summed E-state index contributed by atoms with van der Waals surface area (Å²) in [6.07, 6.45) is 5.46. The Labute approximate surface area is 166 Å². The van der Waals surface area contributed by atoms with E-state index in [1.807, 2.05) is 23.4 Å². The molecular formula is C20H22FN5OS. The fraction of sp³-hybridized carbons (Fsp3) is 0.350. The Morgan fingerprint density at radius 3 is 2.71 bits per heavy atom. The number of pyridine rings is 1. The van der Waals surface area contributed by atoms with Gasteiger partial charge in [-0.15, -0.1) is 0 Å². The van der Waals surface area contributed by atoms with E-state index in [1.165, 1.54) is 12.1 Å². The molecule has 0 spiro atoms. The van der Waals surface area contributed by atoms with Gasteiger partial charge in [-0.25, -0.2) is 14.1 Å². The first-order chi connectivity index (χ1) is 13.7. The molecule has 0 unspecified atom stereocenters. The van der Waals surface area contributed by atoms with Gasteiger partial charge in [0.25, 0.3) is 5.91 Å². The number of nitrogens with one attached hydrogen (secondary N) is 2. The lowest BCUT2D eigenvalue weighted by molar-refractivity contribution is 0.102. The summed E-state index contributed by atoms with van der Waals surface area (Å²) in [6.45, 7) is 2.71. The van der Waals surface area contributed by atoms with Gasteiger partial charge in [-0.3, -0.25) is 4.79 Å². The normalized spacial score (nSPS) is 14.9. The van der Waals surface area contributed by atoms with Crippen LogP contribution in [0.3, 0.4) is 0 Å². The fourth-order valence-electron chi connectivity index (χ4n) is 3.36. The summed E-state index contributed by atoms with van der Waals surface area (Å²) in [5.41, 5.74) is 2.52. The Bertz CT molecular complexity index is 982. The first kappa shape index (κ1) is 18.7. The number of aryl methyl sites for hydroxylation is 1. The van der Waals surface area contributed by atoms with Crippen molar-refractivity contribution in [2.45, 2.75) is 32.4 Å². The minimum Gasteiger partial charge on any atom is -0.381 e. The molecule has 2 N–H and O–H groups in total. The van der Waals surface area contributed by atoms with Crippen LogP contribution in [0.4, 0.5) is 15.8 Å². The summed E-state index contributed by atoms with van der Waals surface area (Å²) in [5, 5.41) is 11.6. The van der Waals surface area contributed by atoms with Crippen LogP contribution < -0.4 is 10.6 Å². The average Bonchev–Trinajstić information content (AvgIpc) is 3.14. The number of hydrogen-bond donors (Lipinski definition) is 2. The third kappa shape index (κ3) is 3.82. The second-order valence-electron chi connectivity index (χ2n) is 6.74. The minimum absolute atomic E-state index is 0.280. The van der Waals surface area contributed by atoms with Crippen molar-refractivity contribution in [3.63, 3.8) is 0 Å². The molecule has 1 saturated heterocycles. The number of fused-ring (bicyclic) bond motifs is 1. The molecule has 8 heteroatoms. The van der Waals surface area contributed by atoms with E-state index >= 15 is 0 Å². The molecule has 0 saturated carbocycles. The molecule has 0 bridgehead atoms. The molecule has 0 aliphatic carbocycles. The Morgan fingerprint density at radius 2 is 2.00 bits per heavy atom. The van der Waals surface area contributed by atoms with Gasteiger partial charge in [0.15, 0.2) is 5.65 Å². The fourth-order valence-corrected chi connectivity index (χ4v) is 4.47. The van der Waals surface area contributed by atoms with Gasteiger partial charge < -0.3 is 10.6 Å². The Hall–Kier alpha value is -2.61. The van der Waals surface area contributed by atoms with Crippen molar-refractivity contribution in [2.24, 2.45) is 0 Å². The molecule has 6 nitrogen and oxygen atoms in total. The van der Waals surface area contributed by atoms with E-state index in [-0.39, 0.29) is 11.7 Å². The van der Waals surface area contributed by atoms with Gasteiger partial charge in [-0.05, 0) is 55.5 Å². The van der Waals surface area contributed by atoms with Crippen molar-refractivity contribution in [1.29, 1.82) is 0 Å². The molecule has 1 aromatic carbocycles. The SMILES string of the molecule is CCn1ncc2c(NC3CCSCC3)c(C(=O)Nc3ccc(F)cc3)cnc21. The van der Waals surface area contributed by atoms with E-state index in [0.717, 1.165) is 41.1 Å². The third-order valence-electron chi connectivity index (χ3n) is 4.88. The number of thioether (sulfide) groups is 1. The molecule has 3 aromatic rings. The number of halogens is 1. The van der Waals surface area contributed by atoms with Crippen molar-refractivity contribution in [1.82, 2.24) is 14.8 Å². The molecule has 4 rings (SSSR count). The number of amides is 1. The van der Waals surface area contributed by atoms with Gasteiger partial charge in [0.2, 0.25) is 0 Å². The molecule has 3 heterocycles. The summed E-state index contributed by atoms with van der Waals surface area (Å²) in [5.74, 6) is 1.59. The van der Waals surface area contributed by atoms with Crippen molar-refractivity contribution in [3.05, 3.63) is 48.0 Å². The van der Waals surface area contributed by atoms with Crippen LogP contribution in [-0.4, -0.2) is 38.2 Å². The predicted octanol–water partition coefficient (Wildman–Crippen LogP) is 4.15. The van der Waals surface area contributed by atoms with E-state index < -0.39 is 0 Å². The Morgan fingerprint density at radius 1 is 1.25 bits per heavy atom. The number of carbonyl (C=O) groups is 1. The number of anilines is 2. The largest absolute Gasteiger partial charge is 0.381 e. The Kier molecular flexibility index (Phi) is 5.47. The molecule has 28 heavy (non-hydrogen) atoms.